The van der Waals surface area contributed by atoms with Crippen molar-refractivity contribution in [2.75, 3.05) is 5.32 Å². The van der Waals surface area contributed by atoms with E-state index in [9.17, 15) is 0 Å². The molecule has 0 aliphatic heterocycles. The number of hydrogen-bond donors (Lipinski definition) is 1. The van der Waals surface area contributed by atoms with Crippen LogP contribution in [0.2, 0.25) is 0 Å². The molecule has 1 N–H and O–H groups in total. The van der Waals surface area contributed by atoms with Crippen molar-refractivity contribution < 1.29 is 0 Å². The van der Waals surface area contributed by atoms with E-state index in [-0.39, 0.29) is 5.41 Å². The number of aromatic nitrogens is 1. The molecule has 0 spiro atoms. The van der Waals surface area contributed by atoms with Gasteiger partial charge in [-0.1, -0.05) is 20.8 Å². The van der Waals surface area contributed by atoms with E-state index in [2.05, 4.69) is 44.9 Å². The zero-order chi connectivity index (χ0) is 10.8. The highest BCUT2D eigenvalue weighted by Gasteiger charge is 2.19. The second-order valence-electron chi connectivity index (χ2n) is 4.92. The molecule has 0 saturated heterocycles. The van der Waals surface area contributed by atoms with Crippen LogP contribution in [0.15, 0.2) is 18.5 Å². The highest BCUT2D eigenvalue weighted by molar-refractivity contribution is 5.49. The molecule has 0 bridgehead atoms. The van der Waals surface area contributed by atoms with Crippen molar-refractivity contribution in [1.82, 2.24) is 4.98 Å². The zero-order valence-corrected chi connectivity index (χ0v) is 9.76. The first-order valence-corrected chi connectivity index (χ1v) is 5.08. The molecular weight excluding hydrogens is 172 g/mol. The van der Waals surface area contributed by atoms with Crippen molar-refractivity contribution >= 4 is 5.69 Å². The third kappa shape index (κ3) is 2.72. The van der Waals surface area contributed by atoms with E-state index in [1.165, 1.54) is 11.3 Å². The molecule has 0 radical (unpaired) electrons. The smallest absolute Gasteiger partial charge is 0.0403 e. The summed E-state index contributed by atoms with van der Waals surface area (Å²) in [5.74, 6) is 0. The lowest BCUT2D eigenvalue weighted by molar-refractivity contribution is 0.359. The van der Waals surface area contributed by atoms with Crippen LogP contribution in [0.1, 0.15) is 33.3 Å². The van der Waals surface area contributed by atoms with Gasteiger partial charge in [0.25, 0.3) is 0 Å². The highest BCUT2D eigenvalue weighted by atomic mass is 14.9. The third-order valence-corrected chi connectivity index (χ3v) is 2.69. The fraction of sp³-hybridized carbons (Fsp3) is 0.583. The lowest BCUT2D eigenvalue weighted by Crippen LogP contribution is -2.31. The van der Waals surface area contributed by atoms with E-state index in [0.717, 1.165) is 0 Å². The first kappa shape index (κ1) is 11.0. The summed E-state index contributed by atoms with van der Waals surface area (Å²) >= 11 is 0. The molecule has 1 heterocycles. The van der Waals surface area contributed by atoms with E-state index >= 15 is 0 Å². The third-order valence-electron chi connectivity index (χ3n) is 2.69. The van der Waals surface area contributed by atoms with Gasteiger partial charge in [0.15, 0.2) is 0 Å². The largest absolute Gasteiger partial charge is 0.382 e. The topological polar surface area (TPSA) is 24.9 Å². The first-order valence-electron chi connectivity index (χ1n) is 5.08. The Bertz CT molecular complexity index is 299. The van der Waals surface area contributed by atoms with E-state index in [1.807, 2.05) is 18.5 Å². The van der Waals surface area contributed by atoms with Gasteiger partial charge in [0.1, 0.15) is 0 Å². The molecule has 14 heavy (non-hydrogen) atoms. The van der Waals surface area contributed by atoms with E-state index in [0.29, 0.717) is 6.04 Å². The number of rotatable bonds is 2. The molecule has 0 aliphatic rings. The van der Waals surface area contributed by atoms with Crippen molar-refractivity contribution in [2.24, 2.45) is 5.41 Å². The molecule has 2 heteroatoms. The monoisotopic (exact) mass is 192 g/mol. The average Bonchev–Trinajstić information content (AvgIpc) is 2.07. The van der Waals surface area contributed by atoms with Crippen LogP contribution in [0.4, 0.5) is 5.69 Å². The summed E-state index contributed by atoms with van der Waals surface area (Å²) in [6, 6.07) is 2.47. The summed E-state index contributed by atoms with van der Waals surface area (Å²) in [6.07, 6.45) is 3.71. The molecule has 78 valence electrons. The van der Waals surface area contributed by atoms with Gasteiger partial charge in [0.2, 0.25) is 0 Å². The fourth-order valence-corrected chi connectivity index (χ4v) is 1.09. The summed E-state index contributed by atoms with van der Waals surface area (Å²) in [5.41, 5.74) is 2.65. The minimum atomic E-state index is 0.274. The van der Waals surface area contributed by atoms with E-state index < -0.39 is 0 Å². The number of hydrogen-bond acceptors (Lipinski definition) is 2. The number of anilines is 1. The summed E-state index contributed by atoms with van der Waals surface area (Å²) in [5, 5.41) is 3.51. The normalized spacial score (nSPS) is 13.8. The Hall–Kier alpha value is -1.05. The maximum Gasteiger partial charge on any atom is 0.0403 e. The highest BCUT2D eigenvalue weighted by Crippen LogP contribution is 2.23. The van der Waals surface area contributed by atoms with Crippen LogP contribution in [0.3, 0.4) is 0 Å². The standard InChI is InChI=1S/C12H20N2/c1-9-8-13-7-6-11(9)14-10(2)12(3,4)5/h6-8,10H,1-5H3,(H,13,14). The molecule has 1 unspecified atom stereocenters. The van der Waals surface area contributed by atoms with Gasteiger partial charge >= 0.3 is 0 Å². The zero-order valence-electron chi connectivity index (χ0n) is 9.76. The van der Waals surface area contributed by atoms with Crippen molar-refractivity contribution in [3.63, 3.8) is 0 Å². The van der Waals surface area contributed by atoms with Crippen LogP contribution < -0.4 is 5.32 Å². The Morgan fingerprint density at radius 3 is 2.50 bits per heavy atom. The van der Waals surface area contributed by atoms with Gasteiger partial charge in [-0.05, 0) is 30.9 Å². The van der Waals surface area contributed by atoms with Crippen LogP contribution in [-0.4, -0.2) is 11.0 Å². The Morgan fingerprint density at radius 2 is 2.00 bits per heavy atom. The van der Waals surface area contributed by atoms with Crippen LogP contribution in [0, 0.1) is 12.3 Å². The summed E-state index contributed by atoms with van der Waals surface area (Å²) in [7, 11) is 0. The second kappa shape index (κ2) is 3.99. The van der Waals surface area contributed by atoms with Gasteiger partial charge in [-0.2, -0.15) is 0 Å². The Kier molecular flexibility index (Phi) is 3.14. The lowest BCUT2D eigenvalue weighted by Gasteiger charge is -2.29. The van der Waals surface area contributed by atoms with Gasteiger partial charge in [-0.15, -0.1) is 0 Å². The maximum atomic E-state index is 4.07. The van der Waals surface area contributed by atoms with Crippen molar-refractivity contribution in [1.29, 1.82) is 0 Å². The predicted octanol–water partition coefficient (Wildman–Crippen LogP) is 3.24. The van der Waals surface area contributed by atoms with Gasteiger partial charge in [0, 0.05) is 24.1 Å². The number of nitrogens with one attached hydrogen (secondary N) is 1. The Balaban J connectivity index is 2.75. The molecule has 1 aromatic heterocycles. The van der Waals surface area contributed by atoms with Gasteiger partial charge in [-0.25, -0.2) is 0 Å². The summed E-state index contributed by atoms with van der Waals surface area (Å²) in [6.45, 7) is 11.0. The van der Waals surface area contributed by atoms with Crippen molar-refractivity contribution in [3.05, 3.63) is 24.0 Å². The van der Waals surface area contributed by atoms with Gasteiger partial charge < -0.3 is 5.32 Å². The molecule has 1 aromatic rings. The molecular formula is C12H20N2. The number of aryl methyl sites for hydroxylation is 1. The Labute approximate surface area is 86.8 Å². The minimum Gasteiger partial charge on any atom is -0.382 e. The summed E-state index contributed by atoms with van der Waals surface area (Å²) in [4.78, 5) is 4.07. The molecule has 0 amide bonds. The molecule has 0 saturated carbocycles. The minimum absolute atomic E-state index is 0.274. The summed E-state index contributed by atoms with van der Waals surface area (Å²) < 4.78 is 0. The van der Waals surface area contributed by atoms with Gasteiger partial charge in [-0.3, -0.25) is 4.98 Å². The molecule has 1 rings (SSSR count). The first-order chi connectivity index (χ1) is 6.41. The quantitative estimate of drug-likeness (QED) is 0.778. The number of pyridine rings is 1. The maximum absolute atomic E-state index is 4.07. The molecule has 0 fully saturated rings. The Morgan fingerprint density at radius 1 is 1.36 bits per heavy atom. The van der Waals surface area contributed by atoms with Gasteiger partial charge in [0.05, 0.1) is 0 Å². The number of nitrogens with zero attached hydrogens (tertiary/aromatic N) is 1. The second-order valence-corrected chi connectivity index (χ2v) is 4.92. The van der Waals surface area contributed by atoms with Crippen LogP contribution >= 0.6 is 0 Å². The average molecular weight is 192 g/mol. The fourth-order valence-electron chi connectivity index (χ4n) is 1.09. The van der Waals surface area contributed by atoms with Crippen LogP contribution in [0.25, 0.3) is 0 Å². The van der Waals surface area contributed by atoms with Crippen LogP contribution in [0.5, 0.6) is 0 Å². The SMILES string of the molecule is Cc1cnccc1NC(C)C(C)(C)C. The molecule has 0 aromatic carbocycles. The van der Waals surface area contributed by atoms with Crippen molar-refractivity contribution in [3.8, 4) is 0 Å². The molecule has 2 nitrogen and oxygen atoms in total. The van der Waals surface area contributed by atoms with E-state index in [1.54, 1.807) is 0 Å². The van der Waals surface area contributed by atoms with Crippen LogP contribution in [-0.2, 0) is 0 Å². The molecule has 1 atom stereocenters. The van der Waals surface area contributed by atoms with E-state index in [4.69, 9.17) is 0 Å². The molecule has 0 aliphatic carbocycles. The predicted molar refractivity (Wildman–Crippen MR) is 61.5 cm³/mol. The lowest BCUT2D eigenvalue weighted by atomic mass is 9.88. The van der Waals surface area contributed by atoms with Crippen molar-refractivity contribution in [2.45, 2.75) is 40.7 Å².